The summed E-state index contributed by atoms with van der Waals surface area (Å²) in [5.41, 5.74) is 0.315. The summed E-state index contributed by atoms with van der Waals surface area (Å²) in [5, 5.41) is 11.3. The van der Waals surface area contributed by atoms with Crippen molar-refractivity contribution < 1.29 is 8.78 Å². The van der Waals surface area contributed by atoms with Crippen LogP contribution in [0.2, 0.25) is 0 Å². The number of benzene rings is 1. The minimum absolute atomic E-state index is 0.152. The van der Waals surface area contributed by atoms with Gasteiger partial charge in [-0.15, -0.1) is 0 Å². The average molecular weight is 196 g/mol. The first-order valence-electron chi connectivity index (χ1n) is 4.18. The molecule has 1 rings (SSSR count). The normalized spacial score (nSPS) is 12.1. The highest BCUT2D eigenvalue weighted by Gasteiger charge is 2.13. The summed E-state index contributed by atoms with van der Waals surface area (Å²) >= 11 is 0. The highest BCUT2D eigenvalue weighted by molar-refractivity contribution is 5.22. The molecule has 2 nitrogen and oxygen atoms in total. The van der Waals surface area contributed by atoms with Crippen LogP contribution in [0.25, 0.3) is 0 Å². The Morgan fingerprint density at radius 2 is 2.21 bits per heavy atom. The van der Waals surface area contributed by atoms with E-state index in [-0.39, 0.29) is 12.5 Å². The van der Waals surface area contributed by atoms with Crippen molar-refractivity contribution in [2.24, 2.45) is 0 Å². The molecule has 0 saturated heterocycles. The first-order chi connectivity index (χ1) is 6.69. The van der Waals surface area contributed by atoms with Crippen molar-refractivity contribution in [2.45, 2.75) is 12.5 Å². The van der Waals surface area contributed by atoms with E-state index in [0.717, 1.165) is 6.07 Å². The van der Waals surface area contributed by atoms with Crippen LogP contribution in [-0.4, -0.2) is 7.05 Å². The second-order valence-electron chi connectivity index (χ2n) is 2.87. The van der Waals surface area contributed by atoms with Crippen LogP contribution in [0, 0.1) is 23.0 Å². The molecule has 0 fully saturated rings. The van der Waals surface area contributed by atoms with Crippen LogP contribution >= 0.6 is 0 Å². The second kappa shape index (κ2) is 4.68. The minimum atomic E-state index is -0.625. The van der Waals surface area contributed by atoms with E-state index in [9.17, 15) is 8.78 Å². The quantitative estimate of drug-likeness (QED) is 0.803. The van der Waals surface area contributed by atoms with Crippen molar-refractivity contribution in [1.29, 1.82) is 5.26 Å². The summed E-state index contributed by atoms with van der Waals surface area (Å²) in [6.07, 6.45) is 0.152. The van der Waals surface area contributed by atoms with Gasteiger partial charge >= 0.3 is 0 Å². The molecule has 0 aliphatic rings. The molecule has 0 heterocycles. The number of hydrogen-bond donors (Lipinski definition) is 1. The predicted octanol–water partition coefficient (Wildman–Crippen LogP) is 2.14. The SMILES string of the molecule is CNC(CC#N)c1ccc(F)cc1F. The fourth-order valence-corrected chi connectivity index (χ4v) is 1.24. The van der Waals surface area contributed by atoms with Crippen molar-refractivity contribution >= 4 is 0 Å². The third kappa shape index (κ3) is 2.27. The highest BCUT2D eigenvalue weighted by atomic mass is 19.1. The summed E-state index contributed by atoms with van der Waals surface area (Å²) in [4.78, 5) is 0. The first kappa shape index (κ1) is 10.6. The number of nitriles is 1. The van der Waals surface area contributed by atoms with E-state index in [1.54, 1.807) is 7.05 Å². The van der Waals surface area contributed by atoms with Gasteiger partial charge < -0.3 is 5.32 Å². The first-order valence-corrected chi connectivity index (χ1v) is 4.18. The van der Waals surface area contributed by atoms with Gasteiger partial charge in [-0.25, -0.2) is 8.78 Å². The van der Waals surface area contributed by atoms with Gasteiger partial charge in [-0.1, -0.05) is 6.07 Å². The van der Waals surface area contributed by atoms with Crippen LogP contribution in [0.3, 0.4) is 0 Å². The zero-order chi connectivity index (χ0) is 10.6. The molecule has 4 heteroatoms. The molecular weight excluding hydrogens is 186 g/mol. The van der Waals surface area contributed by atoms with Crippen molar-refractivity contribution in [1.82, 2.24) is 5.32 Å². The molecule has 0 saturated carbocycles. The molecule has 0 aliphatic heterocycles. The van der Waals surface area contributed by atoms with E-state index >= 15 is 0 Å². The number of rotatable bonds is 3. The van der Waals surface area contributed by atoms with Crippen LogP contribution in [-0.2, 0) is 0 Å². The molecule has 14 heavy (non-hydrogen) atoms. The van der Waals surface area contributed by atoms with E-state index in [4.69, 9.17) is 5.26 Å². The van der Waals surface area contributed by atoms with E-state index in [0.29, 0.717) is 5.56 Å². The van der Waals surface area contributed by atoms with Gasteiger partial charge in [0.2, 0.25) is 0 Å². The largest absolute Gasteiger partial charge is 0.312 e. The molecule has 1 atom stereocenters. The minimum Gasteiger partial charge on any atom is -0.312 e. The highest BCUT2D eigenvalue weighted by Crippen LogP contribution is 2.19. The predicted molar refractivity (Wildman–Crippen MR) is 48.4 cm³/mol. The summed E-state index contributed by atoms with van der Waals surface area (Å²) in [7, 11) is 1.63. The Morgan fingerprint density at radius 3 is 2.71 bits per heavy atom. The smallest absolute Gasteiger partial charge is 0.130 e. The standard InChI is InChI=1S/C10H10F2N2/c1-14-10(4-5-13)8-3-2-7(11)6-9(8)12/h2-3,6,10,14H,4H2,1H3. The molecule has 1 N–H and O–H groups in total. The maximum atomic E-state index is 13.2. The molecule has 0 aromatic heterocycles. The molecule has 0 spiro atoms. The molecule has 1 unspecified atom stereocenters. The lowest BCUT2D eigenvalue weighted by molar-refractivity contribution is 0.528. The summed E-state index contributed by atoms with van der Waals surface area (Å²) in [6.45, 7) is 0. The van der Waals surface area contributed by atoms with Gasteiger partial charge in [0.25, 0.3) is 0 Å². The average Bonchev–Trinajstić information content (AvgIpc) is 2.15. The topological polar surface area (TPSA) is 35.8 Å². The zero-order valence-corrected chi connectivity index (χ0v) is 7.72. The Bertz CT molecular complexity index is 358. The Balaban J connectivity index is 2.99. The fourth-order valence-electron chi connectivity index (χ4n) is 1.24. The van der Waals surface area contributed by atoms with Crippen molar-refractivity contribution in [2.75, 3.05) is 7.05 Å². The maximum Gasteiger partial charge on any atom is 0.130 e. The Hall–Kier alpha value is -1.47. The zero-order valence-electron chi connectivity index (χ0n) is 7.72. The number of halogens is 2. The van der Waals surface area contributed by atoms with Crippen molar-refractivity contribution in [3.05, 3.63) is 35.4 Å². The molecule has 74 valence electrons. The molecule has 1 aromatic carbocycles. The molecule has 1 aromatic rings. The van der Waals surface area contributed by atoms with E-state index in [2.05, 4.69) is 5.32 Å². The monoisotopic (exact) mass is 196 g/mol. The van der Waals surface area contributed by atoms with Gasteiger partial charge in [0, 0.05) is 17.7 Å². The van der Waals surface area contributed by atoms with Crippen LogP contribution in [0.5, 0.6) is 0 Å². The summed E-state index contributed by atoms with van der Waals surface area (Å²) < 4.78 is 25.8. The van der Waals surface area contributed by atoms with Crippen LogP contribution in [0.15, 0.2) is 18.2 Å². The fraction of sp³-hybridized carbons (Fsp3) is 0.300. The number of hydrogen-bond acceptors (Lipinski definition) is 2. The molecular formula is C10H10F2N2. The Labute approximate surface area is 81.2 Å². The number of nitrogens with one attached hydrogen (secondary N) is 1. The summed E-state index contributed by atoms with van der Waals surface area (Å²) in [5.74, 6) is -1.24. The Kier molecular flexibility index (Phi) is 3.55. The van der Waals surface area contributed by atoms with Crippen molar-refractivity contribution in [3.63, 3.8) is 0 Å². The maximum absolute atomic E-state index is 13.2. The van der Waals surface area contributed by atoms with Gasteiger partial charge in [0.15, 0.2) is 0 Å². The summed E-state index contributed by atoms with van der Waals surface area (Å²) in [6, 6.07) is 4.90. The third-order valence-electron chi connectivity index (χ3n) is 1.98. The molecule has 0 amide bonds. The lowest BCUT2D eigenvalue weighted by Gasteiger charge is -2.13. The lowest BCUT2D eigenvalue weighted by Crippen LogP contribution is -2.17. The van der Waals surface area contributed by atoms with Crippen LogP contribution in [0.4, 0.5) is 8.78 Å². The van der Waals surface area contributed by atoms with Gasteiger partial charge in [0.1, 0.15) is 11.6 Å². The van der Waals surface area contributed by atoms with E-state index in [1.165, 1.54) is 12.1 Å². The lowest BCUT2D eigenvalue weighted by atomic mass is 10.0. The Morgan fingerprint density at radius 1 is 1.50 bits per heavy atom. The van der Waals surface area contributed by atoms with E-state index in [1.807, 2.05) is 6.07 Å². The molecule has 0 bridgehead atoms. The van der Waals surface area contributed by atoms with E-state index < -0.39 is 11.6 Å². The molecule has 0 radical (unpaired) electrons. The van der Waals surface area contributed by atoms with Crippen molar-refractivity contribution in [3.8, 4) is 6.07 Å². The third-order valence-corrected chi connectivity index (χ3v) is 1.98. The van der Waals surface area contributed by atoms with Gasteiger partial charge in [0.05, 0.1) is 12.5 Å². The van der Waals surface area contributed by atoms with Crippen LogP contribution < -0.4 is 5.32 Å². The van der Waals surface area contributed by atoms with Gasteiger partial charge in [-0.05, 0) is 13.1 Å². The molecule has 0 aliphatic carbocycles. The number of nitrogens with zero attached hydrogens (tertiary/aromatic N) is 1. The van der Waals surface area contributed by atoms with Gasteiger partial charge in [-0.3, -0.25) is 0 Å². The van der Waals surface area contributed by atoms with Gasteiger partial charge in [-0.2, -0.15) is 5.26 Å². The van der Waals surface area contributed by atoms with Crippen LogP contribution in [0.1, 0.15) is 18.0 Å². The second-order valence-corrected chi connectivity index (χ2v) is 2.87.